The standard InChI is InChI=1S/C20H19NO2S2/c1-14-12-16(8-9-17(14)23-2)13-18-19(22)21(20(24)25-18)11-10-15-6-4-3-5-7-15/h3-9,12-13H,10-11H2,1-2H3. The van der Waals surface area contributed by atoms with Gasteiger partial charge in [0.1, 0.15) is 10.1 Å². The molecular formula is C20H19NO2S2. The van der Waals surface area contributed by atoms with Crippen molar-refractivity contribution in [1.82, 2.24) is 4.90 Å². The lowest BCUT2D eigenvalue weighted by Crippen LogP contribution is -2.30. The van der Waals surface area contributed by atoms with Gasteiger partial charge in [0.25, 0.3) is 5.91 Å². The van der Waals surface area contributed by atoms with Gasteiger partial charge in [-0.25, -0.2) is 0 Å². The molecule has 1 fully saturated rings. The second-order valence-corrected chi connectivity index (χ2v) is 7.47. The topological polar surface area (TPSA) is 29.5 Å². The van der Waals surface area contributed by atoms with E-state index >= 15 is 0 Å². The van der Waals surface area contributed by atoms with Crippen molar-refractivity contribution in [2.45, 2.75) is 13.3 Å². The van der Waals surface area contributed by atoms with Crippen LogP contribution in [0.5, 0.6) is 5.75 Å². The first-order chi connectivity index (χ1) is 12.1. The van der Waals surface area contributed by atoms with E-state index in [0.29, 0.717) is 15.8 Å². The molecule has 0 aliphatic carbocycles. The minimum atomic E-state index is -0.0144. The number of aryl methyl sites for hydroxylation is 1. The van der Waals surface area contributed by atoms with Crippen molar-refractivity contribution >= 4 is 40.3 Å². The number of hydrogen-bond acceptors (Lipinski definition) is 4. The van der Waals surface area contributed by atoms with Crippen molar-refractivity contribution < 1.29 is 9.53 Å². The van der Waals surface area contributed by atoms with Crippen LogP contribution in [0.15, 0.2) is 53.4 Å². The van der Waals surface area contributed by atoms with Crippen molar-refractivity contribution in [3.63, 3.8) is 0 Å². The lowest BCUT2D eigenvalue weighted by molar-refractivity contribution is -0.122. The Morgan fingerprint density at radius 1 is 1.20 bits per heavy atom. The molecule has 3 nitrogen and oxygen atoms in total. The molecule has 3 rings (SSSR count). The smallest absolute Gasteiger partial charge is 0.266 e. The highest BCUT2D eigenvalue weighted by molar-refractivity contribution is 8.26. The number of carbonyl (C=O) groups excluding carboxylic acids is 1. The molecule has 1 amide bonds. The maximum Gasteiger partial charge on any atom is 0.266 e. The number of carbonyl (C=O) groups is 1. The Kier molecular flexibility index (Phi) is 5.56. The van der Waals surface area contributed by atoms with Crippen molar-refractivity contribution in [3.8, 4) is 5.75 Å². The third-order valence-electron chi connectivity index (χ3n) is 4.06. The molecular weight excluding hydrogens is 350 g/mol. The van der Waals surface area contributed by atoms with Gasteiger partial charge in [-0.05, 0) is 48.2 Å². The first-order valence-corrected chi connectivity index (χ1v) is 9.25. The minimum Gasteiger partial charge on any atom is -0.496 e. The third-order valence-corrected chi connectivity index (χ3v) is 5.43. The number of thiocarbonyl (C=S) groups is 1. The summed E-state index contributed by atoms with van der Waals surface area (Å²) in [4.78, 5) is 15.0. The van der Waals surface area contributed by atoms with Crippen LogP contribution in [-0.2, 0) is 11.2 Å². The predicted molar refractivity (Wildman–Crippen MR) is 108 cm³/mol. The van der Waals surface area contributed by atoms with Crippen LogP contribution < -0.4 is 4.74 Å². The number of hydrogen-bond donors (Lipinski definition) is 0. The lowest BCUT2D eigenvalue weighted by Gasteiger charge is -2.14. The van der Waals surface area contributed by atoms with Crippen LogP contribution in [0.25, 0.3) is 6.08 Å². The number of rotatable bonds is 5. The number of nitrogens with zero attached hydrogens (tertiary/aromatic N) is 1. The summed E-state index contributed by atoms with van der Waals surface area (Å²) in [5.41, 5.74) is 3.21. The van der Waals surface area contributed by atoms with Crippen LogP contribution in [-0.4, -0.2) is 28.8 Å². The molecule has 5 heteroatoms. The zero-order valence-corrected chi connectivity index (χ0v) is 15.8. The van der Waals surface area contributed by atoms with Gasteiger partial charge in [0.15, 0.2) is 0 Å². The maximum atomic E-state index is 12.7. The maximum absolute atomic E-state index is 12.7. The largest absolute Gasteiger partial charge is 0.496 e. The average molecular weight is 370 g/mol. The molecule has 2 aromatic carbocycles. The molecule has 1 aliphatic rings. The van der Waals surface area contributed by atoms with Gasteiger partial charge in [-0.15, -0.1) is 0 Å². The number of methoxy groups -OCH3 is 1. The molecule has 0 unspecified atom stereocenters. The van der Waals surface area contributed by atoms with Crippen molar-refractivity contribution in [2.75, 3.05) is 13.7 Å². The van der Waals surface area contributed by atoms with E-state index in [0.717, 1.165) is 23.3 Å². The van der Waals surface area contributed by atoms with Gasteiger partial charge < -0.3 is 4.74 Å². The van der Waals surface area contributed by atoms with Crippen LogP contribution in [0.1, 0.15) is 16.7 Å². The van der Waals surface area contributed by atoms with E-state index in [2.05, 4.69) is 12.1 Å². The van der Waals surface area contributed by atoms with Gasteiger partial charge in [-0.3, -0.25) is 9.69 Å². The molecule has 0 saturated carbocycles. The molecule has 1 aliphatic heterocycles. The van der Waals surface area contributed by atoms with Gasteiger partial charge in [0, 0.05) is 6.54 Å². The van der Waals surface area contributed by atoms with Gasteiger partial charge in [0.05, 0.1) is 12.0 Å². The van der Waals surface area contributed by atoms with Gasteiger partial charge >= 0.3 is 0 Å². The van der Waals surface area contributed by atoms with Crippen LogP contribution in [0, 0.1) is 6.92 Å². The van der Waals surface area contributed by atoms with E-state index in [9.17, 15) is 4.79 Å². The summed E-state index contributed by atoms with van der Waals surface area (Å²) in [6.45, 7) is 2.59. The van der Waals surface area contributed by atoms with Crippen LogP contribution in [0.2, 0.25) is 0 Å². The Balaban J connectivity index is 1.73. The van der Waals surface area contributed by atoms with Crippen molar-refractivity contribution in [1.29, 1.82) is 0 Å². The molecule has 0 N–H and O–H groups in total. The summed E-state index contributed by atoms with van der Waals surface area (Å²) in [5, 5.41) is 0. The molecule has 0 spiro atoms. The quantitative estimate of drug-likeness (QED) is 0.575. The fourth-order valence-corrected chi connectivity index (χ4v) is 4.03. The zero-order chi connectivity index (χ0) is 17.8. The Hall–Kier alpha value is -2.11. The monoisotopic (exact) mass is 369 g/mol. The lowest BCUT2D eigenvalue weighted by atomic mass is 10.1. The van der Waals surface area contributed by atoms with E-state index in [1.54, 1.807) is 12.0 Å². The highest BCUT2D eigenvalue weighted by Gasteiger charge is 2.31. The van der Waals surface area contributed by atoms with E-state index in [-0.39, 0.29) is 5.91 Å². The third kappa shape index (κ3) is 4.11. The number of benzene rings is 2. The molecule has 1 heterocycles. The summed E-state index contributed by atoms with van der Waals surface area (Å²) in [7, 11) is 1.65. The zero-order valence-electron chi connectivity index (χ0n) is 14.2. The van der Waals surface area contributed by atoms with Gasteiger partial charge in [-0.2, -0.15) is 0 Å². The first kappa shape index (κ1) is 17.7. The normalized spacial score (nSPS) is 15.9. The van der Waals surface area contributed by atoms with Crippen LogP contribution in [0.3, 0.4) is 0 Å². The van der Waals surface area contributed by atoms with Crippen molar-refractivity contribution in [3.05, 3.63) is 70.1 Å². The summed E-state index contributed by atoms with van der Waals surface area (Å²) in [6.07, 6.45) is 2.69. The molecule has 0 atom stereocenters. The van der Waals surface area contributed by atoms with E-state index in [4.69, 9.17) is 17.0 Å². The Morgan fingerprint density at radius 3 is 2.64 bits per heavy atom. The molecule has 0 radical (unpaired) electrons. The van der Waals surface area contributed by atoms with E-state index in [1.165, 1.54) is 17.3 Å². The Bertz CT molecular complexity index is 831. The Labute approximate surface area is 157 Å². The number of amides is 1. The minimum absolute atomic E-state index is 0.0144. The fourth-order valence-electron chi connectivity index (χ4n) is 2.72. The van der Waals surface area contributed by atoms with Gasteiger partial charge in [-0.1, -0.05) is 60.4 Å². The average Bonchev–Trinajstić information content (AvgIpc) is 2.87. The van der Waals surface area contributed by atoms with E-state index < -0.39 is 0 Å². The summed E-state index contributed by atoms with van der Waals surface area (Å²) < 4.78 is 5.90. The molecule has 2 aromatic rings. The molecule has 0 bridgehead atoms. The molecule has 25 heavy (non-hydrogen) atoms. The highest BCUT2D eigenvalue weighted by Crippen LogP contribution is 2.33. The predicted octanol–water partition coefficient (Wildman–Crippen LogP) is 4.45. The van der Waals surface area contributed by atoms with Crippen LogP contribution in [0.4, 0.5) is 0 Å². The van der Waals surface area contributed by atoms with E-state index in [1.807, 2.05) is 49.4 Å². The second kappa shape index (κ2) is 7.85. The second-order valence-electron chi connectivity index (χ2n) is 5.80. The number of ether oxygens (including phenoxy) is 1. The fraction of sp³-hybridized carbons (Fsp3) is 0.200. The Morgan fingerprint density at radius 2 is 1.96 bits per heavy atom. The number of thioether (sulfide) groups is 1. The van der Waals surface area contributed by atoms with Crippen LogP contribution >= 0.6 is 24.0 Å². The summed E-state index contributed by atoms with van der Waals surface area (Å²) in [5.74, 6) is 0.826. The molecule has 1 saturated heterocycles. The first-order valence-electron chi connectivity index (χ1n) is 8.02. The molecule has 0 aromatic heterocycles. The highest BCUT2D eigenvalue weighted by atomic mass is 32.2. The van der Waals surface area contributed by atoms with Crippen molar-refractivity contribution in [2.24, 2.45) is 0 Å². The SMILES string of the molecule is COc1ccc(C=C2SC(=S)N(CCc3ccccc3)C2=O)cc1C. The van der Waals surface area contributed by atoms with Gasteiger partial charge in [0.2, 0.25) is 0 Å². The summed E-state index contributed by atoms with van der Waals surface area (Å²) >= 11 is 6.76. The summed E-state index contributed by atoms with van der Waals surface area (Å²) in [6, 6.07) is 16.0. The molecule has 128 valence electrons.